The molecule has 1 amide bonds. The molecule has 1 N–H and O–H groups in total. The summed E-state index contributed by atoms with van der Waals surface area (Å²) in [5.41, 5.74) is -0.614. The quantitative estimate of drug-likeness (QED) is 0.713. The fourth-order valence-corrected chi connectivity index (χ4v) is 5.65. The van der Waals surface area contributed by atoms with Gasteiger partial charge < -0.3 is 14.8 Å². The van der Waals surface area contributed by atoms with E-state index in [2.05, 4.69) is 26.2 Å². The minimum Gasteiger partial charge on any atom is -0.481 e. The summed E-state index contributed by atoms with van der Waals surface area (Å²) in [5, 5.41) is 3.87. The van der Waals surface area contributed by atoms with Gasteiger partial charge in [-0.15, -0.1) is 0 Å². The van der Waals surface area contributed by atoms with Crippen LogP contribution in [-0.2, 0) is 14.8 Å². The molecule has 0 aliphatic carbocycles. The lowest BCUT2D eigenvalue weighted by Crippen LogP contribution is -2.41. The van der Waals surface area contributed by atoms with Crippen LogP contribution in [0.2, 0.25) is 0 Å². The van der Waals surface area contributed by atoms with E-state index in [1.165, 1.54) is 17.6 Å². The maximum atomic E-state index is 13.4. The number of benzene rings is 1. The second-order valence-electron chi connectivity index (χ2n) is 7.79. The zero-order chi connectivity index (χ0) is 21.4. The average Bonchev–Trinajstić information content (AvgIpc) is 3.09. The van der Waals surface area contributed by atoms with Crippen LogP contribution < -0.4 is 10.1 Å². The number of aromatic nitrogens is 1. The molecule has 8 nitrogen and oxygen atoms in total. The Morgan fingerprint density at radius 1 is 1.34 bits per heavy atom. The first-order valence-corrected chi connectivity index (χ1v) is 11.4. The largest absolute Gasteiger partial charge is 0.481 e. The first kappa shape index (κ1) is 21.8. The summed E-state index contributed by atoms with van der Waals surface area (Å²) in [4.78, 5) is 16.4. The smallest absolute Gasteiger partial charge is 0.407 e. The van der Waals surface area contributed by atoms with Crippen LogP contribution in [0.15, 0.2) is 33.8 Å². The van der Waals surface area contributed by atoms with Gasteiger partial charge in [-0.3, -0.25) is 0 Å². The molecule has 2 heterocycles. The van der Waals surface area contributed by atoms with Crippen LogP contribution in [0.3, 0.4) is 0 Å². The Hall–Kier alpha value is -1.91. The third kappa shape index (κ3) is 4.65. The molecule has 1 aliphatic rings. The number of hydrogen-bond acceptors (Lipinski definition) is 6. The minimum absolute atomic E-state index is 0.167. The van der Waals surface area contributed by atoms with Crippen LogP contribution in [0.4, 0.5) is 4.79 Å². The Labute approximate surface area is 178 Å². The molecule has 1 atom stereocenters. The second kappa shape index (κ2) is 8.08. The number of ether oxygens (including phenoxy) is 2. The zero-order valence-corrected chi connectivity index (χ0v) is 19.1. The highest BCUT2D eigenvalue weighted by Crippen LogP contribution is 2.36. The highest BCUT2D eigenvalue weighted by molar-refractivity contribution is 9.10. The molecular weight excluding hydrogens is 462 g/mol. The third-order valence-electron chi connectivity index (χ3n) is 4.47. The molecule has 3 rings (SSSR count). The lowest BCUT2D eigenvalue weighted by molar-refractivity contribution is 0.0507. The van der Waals surface area contributed by atoms with Gasteiger partial charge in [-0.2, -0.15) is 4.31 Å². The van der Waals surface area contributed by atoms with Gasteiger partial charge in [0.2, 0.25) is 15.9 Å². The number of methoxy groups -OCH3 is 1. The number of nitrogens with one attached hydrogen (secondary N) is 1. The highest BCUT2D eigenvalue weighted by atomic mass is 79.9. The van der Waals surface area contributed by atoms with E-state index in [-0.39, 0.29) is 17.5 Å². The first-order valence-electron chi connectivity index (χ1n) is 9.14. The van der Waals surface area contributed by atoms with Gasteiger partial charge in [-0.05, 0) is 55.3 Å². The van der Waals surface area contributed by atoms with Crippen molar-refractivity contribution in [2.24, 2.45) is 0 Å². The summed E-state index contributed by atoms with van der Waals surface area (Å²) in [5.74, 6) is 0.353. The van der Waals surface area contributed by atoms with Gasteiger partial charge in [0.25, 0.3) is 0 Å². The predicted molar refractivity (Wildman–Crippen MR) is 113 cm³/mol. The van der Waals surface area contributed by atoms with Crippen molar-refractivity contribution >= 4 is 42.8 Å². The number of carbonyl (C=O) groups excluding carboxylic acids is 1. The van der Waals surface area contributed by atoms with Crippen LogP contribution in [0.25, 0.3) is 10.8 Å². The number of nitrogens with zero attached hydrogens (tertiary/aromatic N) is 2. The van der Waals surface area contributed by atoms with Gasteiger partial charge >= 0.3 is 6.09 Å². The van der Waals surface area contributed by atoms with Gasteiger partial charge in [0, 0.05) is 40.6 Å². The molecule has 10 heteroatoms. The number of alkyl carbamates (subject to hydrolysis) is 1. The maximum Gasteiger partial charge on any atom is 0.407 e. The Morgan fingerprint density at radius 3 is 2.72 bits per heavy atom. The molecule has 1 fully saturated rings. The van der Waals surface area contributed by atoms with Crippen molar-refractivity contribution in [2.45, 2.75) is 43.7 Å². The number of sulfonamides is 1. The van der Waals surface area contributed by atoms with Gasteiger partial charge in [-0.1, -0.05) is 6.07 Å². The number of fused-ring (bicyclic) bond motifs is 1. The molecule has 0 unspecified atom stereocenters. The lowest BCUT2D eigenvalue weighted by atomic mass is 10.2. The molecule has 0 radical (unpaired) electrons. The molecular formula is C19H24BrN3O5S. The van der Waals surface area contributed by atoms with Gasteiger partial charge in [-0.25, -0.2) is 18.2 Å². The van der Waals surface area contributed by atoms with Crippen molar-refractivity contribution in [1.29, 1.82) is 0 Å². The van der Waals surface area contributed by atoms with Crippen LogP contribution in [-0.4, -0.2) is 55.6 Å². The molecule has 0 saturated carbocycles. The predicted octanol–water partition coefficient (Wildman–Crippen LogP) is 3.29. The van der Waals surface area contributed by atoms with Crippen molar-refractivity contribution in [3.05, 3.63) is 28.9 Å². The first-order chi connectivity index (χ1) is 13.5. The lowest BCUT2D eigenvalue weighted by Gasteiger charge is -2.22. The van der Waals surface area contributed by atoms with Crippen LogP contribution in [0, 0.1) is 0 Å². The fourth-order valence-electron chi connectivity index (χ4n) is 3.26. The molecule has 1 aliphatic heterocycles. The zero-order valence-electron chi connectivity index (χ0n) is 16.7. The van der Waals surface area contributed by atoms with Crippen LogP contribution >= 0.6 is 15.9 Å². The number of amides is 1. The summed E-state index contributed by atoms with van der Waals surface area (Å²) >= 11 is 3.41. The Kier molecular flexibility index (Phi) is 6.07. The maximum absolute atomic E-state index is 13.4. The normalized spacial score (nSPS) is 18.0. The van der Waals surface area contributed by atoms with Gasteiger partial charge in [0.1, 0.15) is 5.60 Å². The highest BCUT2D eigenvalue weighted by Gasteiger charge is 2.35. The monoisotopic (exact) mass is 485 g/mol. The summed E-state index contributed by atoms with van der Waals surface area (Å²) in [6.45, 7) is 5.81. The molecule has 158 valence electrons. The number of hydrogen-bond donors (Lipinski definition) is 1. The van der Waals surface area contributed by atoms with E-state index in [1.807, 2.05) is 0 Å². The standard InChI is InChI=1S/C19H24BrN3O5S/c1-19(2,3)28-18(24)22-12-8-9-23(11-12)29(25,26)15-7-5-6-13-16(15)14(20)10-21-17(13)27-4/h5-7,10,12H,8-9,11H2,1-4H3,(H,22,24)/t12-/m1/s1. The molecule has 0 bridgehead atoms. The van der Waals surface area contributed by atoms with E-state index in [1.54, 1.807) is 39.0 Å². The van der Waals surface area contributed by atoms with E-state index in [4.69, 9.17) is 9.47 Å². The van der Waals surface area contributed by atoms with E-state index in [0.717, 1.165) is 0 Å². The second-order valence-corrected chi connectivity index (χ2v) is 10.5. The van der Waals surface area contributed by atoms with E-state index < -0.39 is 21.7 Å². The van der Waals surface area contributed by atoms with E-state index in [0.29, 0.717) is 34.1 Å². The Bertz CT molecular complexity index is 1040. The van der Waals surface area contributed by atoms with Crippen molar-refractivity contribution in [3.8, 4) is 5.88 Å². The minimum atomic E-state index is -3.79. The molecule has 2 aromatic rings. The summed E-state index contributed by atoms with van der Waals surface area (Å²) in [6.07, 6.45) is 1.48. The summed E-state index contributed by atoms with van der Waals surface area (Å²) in [7, 11) is -2.30. The number of pyridine rings is 1. The molecule has 29 heavy (non-hydrogen) atoms. The SMILES string of the molecule is COc1ncc(Br)c2c(S(=O)(=O)N3CC[C@@H](NC(=O)OC(C)(C)C)C3)cccc12. The van der Waals surface area contributed by atoms with E-state index >= 15 is 0 Å². The number of halogens is 1. The van der Waals surface area contributed by atoms with E-state index in [9.17, 15) is 13.2 Å². The number of carbonyl (C=O) groups is 1. The summed E-state index contributed by atoms with van der Waals surface area (Å²) in [6, 6.07) is 4.69. The van der Waals surface area contributed by atoms with Crippen molar-refractivity contribution in [3.63, 3.8) is 0 Å². The van der Waals surface area contributed by atoms with Crippen LogP contribution in [0.5, 0.6) is 5.88 Å². The molecule has 1 aromatic heterocycles. The van der Waals surface area contributed by atoms with Crippen molar-refractivity contribution in [2.75, 3.05) is 20.2 Å². The topological polar surface area (TPSA) is 97.8 Å². The van der Waals surface area contributed by atoms with Gasteiger partial charge in [0.15, 0.2) is 0 Å². The Balaban J connectivity index is 1.87. The molecule has 1 aromatic carbocycles. The van der Waals surface area contributed by atoms with Crippen molar-refractivity contribution in [1.82, 2.24) is 14.6 Å². The van der Waals surface area contributed by atoms with Gasteiger partial charge in [0.05, 0.1) is 12.0 Å². The number of rotatable bonds is 4. The third-order valence-corrected chi connectivity index (χ3v) is 6.98. The summed E-state index contributed by atoms with van der Waals surface area (Å²) < 4.78 is 39.2. The molecule has 0 spiro atoms. The van der Waals surface area contributed by atoms with Crippen molar-refractivity contribution < 1.29 is 22.7 Å². The fraction of sp³-hybridized carbons (Fsp3) is 0.474. The van der Waals surface area contributed by atoms with Crippen LogP contribution in [0.1, 0.15) is 27.2 Å². The Morgan fingerprint density at radius 2 is 2.07 bits per heavy atom. The molecule has 1 saturated heterocycles. The average molecular weight is 486 g/mol.